The Balaban J connectivity index is 1.67. The van der Waals surface area contributed by atoms with E-state index in [9.17, 15) is 9.59 Å². The number of nitrogens with zero attached hydrogens (tertiary/aromatic N) is 2. The molecule has 0 atom stereocenters. The van der Waals surface area contributed by atoms with Crippen LogP contribution in [-0.2, 0) is 0 Å². The van der Waals surface area contributed by atoms with Gasteiger partial charge in [0.25, 0.3) is 11.8 Å². The molecule has 2 heterocycles. The fraction of sp³-hybridized carbons (Fsp3) is 0.250. The molecule has 1 fully saturated rings. The van der Waals surface area contributed by atoms with Gasteiger partial charge in [-0.05, 0) is 18.2 Å². The lowest BCUT2D eigenvalue weighted by Crippen LogP contribution is -2.50. The maximum Gasteiger partial charge on any atom is 0.270 e. The summed E-state index contributed by atoms with van der Waals surface area (Å²) in [5, 5.41) is 1.14. The summed E-state index contributed by atoms with van der Waals surface area (Å²) in [5.41, 5.74) is 0.741. The molecule has 0 saturated carbocycles. The quantitative estimate of drug-likeness (QED) is 0.858. The van der Waals surface area contributed by atoms with Crippen LogP contribution in [0.25, 0.3) is 0 Å². The number of nitrogens with one attached hydrogen (secondary N) is 1. The van der Waals surface area contributed by atoms with Gasteiger partial charge in [0, 0.05) is 32.4 Å². The fourth-order valence-corrected chi connectivity index (χ4v) is 3.36. The van der Waals surface area contributed by atoms with Crippen molar-refractivity contribution in [3.05, 3.63) is 56.8 Å². The molecule has 1 aliphatic heterocycles. The zero-order valence-corrected chi connectivity index (χ0v) is 14.8. The highest BCUT2D eigenvalue weighted by Gasteiger charge is 2.28. The summed E-state index contributed by atoms with van der Waals surface area (Å²) in [5.74, 6) is -0.356. The first kappa shape index (κ1) is 17.1. The molecule has 0 radical (unpaired) electrons. The van der Waals surface area contributed by atoms with Crippen molar-refractivity contribution in [2.45, 2.75) is 0 Å². The minimum Gasteiger partial charge on any atom is -0.356 e. The second-order valence-corrected chi connectivity index (χ2v) is 6.66. The summed E-state index contributed by atoms with van der Waals surface area (Å²) < 4.78 is 0. The summed E-state index contributed by atoms with van der Waals surface area (Å²) in [4.78, 5) is 31.2. The Hall–Kier alpha value is -1.69. The normalized spacial score (nSPS) is 14.8. The van der Waals surface area contributed by atoms with Crippen molar-refractivity contribution >= 4 is 46.6 Å². The molecule has 0 spiro atoms. The van der Waals surface area contributed by atoms with E-state index >= 15 is 0 Å². The van der Waals surface area contributed by atoms with Crippen molar-refractivity contribution < 1.29 is 9.59 Å². The minimum absolute atomic E-state index is 0.134. The smallest absolute Gasteiger partial charge is 0.270 e. The molecule has 1 saturated heterocycles. The van der Waals surface area contributed by atoms with Crippen molar-refractivity contribution in [1.82, 2.24) is 14.8 Å². The van der Waals surface area contributed by atoms with Gasteiger partial charge in [0.05, 0.1) is 20.6 Å². The zero-order valence-electron chi connectivity index (χ0n) is 12.6. The van der Waals surface area contributed by atoms with Crippen molar-refractivity contribution in [2.24, 2.45) is 0 Å². The Morgan fingerprint density at radius 1 is 0.917 bits per heavy atom. The third kappa shape index (κ3) is 3.38. The standard InChI is InChI=1S/C16H14Cl3N3O2/c17-10-8-13(20-9-10)15(23)21-4-6-22(7-5-21)16(24)14-11(18)2-1-3-12(14)19/h1-3,8-9,20H,4-7H2. The van der Waals surface area contributed by atoms with E-state index < -0.39 is 0 Å². The molecular weight excluding hydrogens is 373 g/mol. The van der Waals surface area contributed by atoms with E-state index in [1.54, 1.807) is 40.3 Å². The maximum atomic E-state index is 12.6. The average Bonchev–Trinajstić information content (AvgIpc) is 3.00. The van der Waals surface area contributed by atoms with Gasteiger partial charge in [0.2, 0.25) is 0 Å². The van der Waals surface area contributed by atoms with Gasteiger partial charge in [-0.2, -0.15) is 0 Å². The lowest BCUT2D eigenvalue weighted by Gasteiger charge is -2.34. The average molecular weight is 387 g/mol. The number of halogens is 3. The molecule has 8 heteroatoms. The highest BCUT2D eigenvalue weighted by molar-refractivity contribution is 6.39. The highest BCUT2D eigenvalue weighted by Crippen LogP contribution is 2.26. The van der Waals surface area contributed by atoms with Crippen LogP contribution in [0.15, 0.2) is 30.5 Å². The van der Waals surface area contributed by atoms with Gasteiger partial charge in [0.15, 0.2) is 0 Å². The number of aromatic nitrogens is 1. The van der Waals surface area contributed by atoms with Gasteiger partial charge < -0.3 is 14.8 Å². The molecule has 1 N–H and O–H groups in total. The molecule has 0 aliphatic carbocycles. The van der Waals surface area contributed by atoms with Crippen LogP contribution in [0.1, 0.15) is 20.8 Å². The number of piperazine rings is 1. The number of hydrogen-bond acceptors (Lipinski definition) is 2. The molecule has 0 bridgehead atoms. The largest absolute Gasteiger partial charge is 0.356 e. The molecule has 1 aliphatic rings. The van der Waals surface area contributed by atoms with Crippen LogP contribution < -0.4 is 0 Å². The van der Waals surface area contributed by atoms with Crippen LogP contribution in [0.5, 0.6) is 0 Å². The molecule has 0 unspecified atom stereocenters. The van der Waals surface area contributed by atoms with Crippen LogP contribution in [0.3, 0.4) is 0 Å². The van der Waals surface area contributed by atoms with Gasteiger partial charge in [-0.25, -0.2) is 0 Å². The molecule has 2 aromatic rings. The van der Waals surface area contributed by atoms with Gasteiger partial charge in [-0.1, -0.05) is 40.9 Å². The summed E-state index contributed by atoms with van der Waals surface area (Å²) in [6.45, 7) is 1.70. The number of H-pyrrole nitrogens is 1. The predicted molar refractivity (Wildman–Crippen MR) is 94.1 cm³/mol. The van der Waals surface area contributed by atoms with E-state index in [0.29, 0.717) is 52.5 Å². The highest BCUT2D eigenvalue weighted by atomic mass is 35.5. The number of rotatable bonds is 2. The van der Waals surface area contributed by atoms with Crippen LogP contribution >= 0.6 is 34.8 Å². The van der Waals surface area contributed by atoms with Crippen LogP contribution in [0.2, 0.25) is 15.1 Å². The maximum absolute atomic E-state index is 12.6. The minimum atomic E-state index is -0.222. The summed E-state index contributed by atoms with van der Waals surface area (Å²) in [6, 6.07) is 6.55. The molecule has 2 amide bonds. The molecule has 24 heavy (non-hydrogen) atoms. The third-order valence-corrected chi connectivity index (χ3v) is 4.76. The fourth-order valence-electron chi connectivity index (χ4n) is 2.63. The first-order valence-corrected chi connectivity index (χ1v) is 8.47. The van der Waals surface area contributed by atoms with Gasteiger partial charge in [-0.3, -0.25) is 9.59 Å². The number of benzene rings is 1. The summed E-state index contributed by atoms with van der Waals surface area (Å²) in [6.07, 6.45) is 1.56. The Morgan fingerprint density at radius 2 is 1.46 bits per heavy atom. The topological polar surface area (TPSA) is 56.4 Å². The molecule has 3 rings (SSSR count). The Labute approximate surface area is 154 Å². The van der Waals surface area contributed by atoms with Crippen molar-refractivity contribution in [3.8, 4) is 0 Å². The second-order valence-electron chi connectivity index (χ2n) is 5.41. The number of hydrogen-bond donors (Lipinski definition) is 1. The summed E-state index contributed by atoms with van der Waals surface area (Å²) in [7, 11) is 0. The monoisotopic (exact) mass is 385 g/mol. The van der Waals surface area contributed by atoms with Crippen molar-refractivity contribution in [2.75, 3.05) is 26.2 Å². The molecule has 5 nitrogen and oxygen atoms in total. The third-order valence-electron chi connectivity index (χ3n) is 3.91. The molecule has 126 valence electrons. The van der Waals surface area contributed by atoms with Crippen LogP contribution in [-0.4, -0.2) is 52.8 Å². The number of carbonyl (C=O) groups is 2. The molecular formula is C16H14Cl3N3O2. The molecule has 1 aromatic heterocycles. The van der Waals surface area contributed by atoms with E-state index in [0.717, 1.165) is 0 Å². The van der Waals surface area contributed by atoms with Gasteiger partial charge >= 0.3 is 0 Å². The van der Waals surface area contributed by atoms with Crippen LogP contribution in [0, 0.1) is 0 Å². The van der Waals surface area contributed by atoms with Crippen molar-refractivity contribution in [1.29, 1.82) is 0 Å². The SMILES string of the molecule is O=C(c1cc(Cl)c[nH]1)N1CCN(C(=O)c2c(Cl)cccc2Cl)CC1. The van der Waals surface area contributed by atoms with Gasteiger partial charge in [0.1, 0.15) is 5.69 Å². The van der Waals surface area contributed by atoms with E-state index in [4.69, 9.17) is 34.8 Å². The number of aromatic amines is 1. The zero-order chi connectivity index (χ0) is 17.3. The van der Waals surface area contributed by atoms with Gasteiger partial charge in [-0.15, -0.1) is 0 Å². The van der Waals surface area contributed by atoms with Crippen LogP contribution in [0.4, 0.5) is 0 Å². The lowest BCUT2D eigenvalue weighted by molar-refractivity contribution is 0.0533. The Bertz CT molecular complexity index is 762. The lowest BCUT2D eigenvalue weighted by atomic mass is 10.1. The Kier molecular flexibility index (Phi) is 5.04. The first-order valence-electron chi connectivity index (χ1n) is 7.34. The first-order chi connectivity index (χ1) is 11.5. The predicted octanol–water partition coefficient (Wildman–Crippen LogP) is 3.57. The van der Waals surface area contributed by atoms with Crippen molar-refractivity contribution in [3.63, 3.8) is 0 Å². The van der Waals surface area contributed by atoms with E-state index in [-0.39, 0.29) is 11.8 Å². The van der Waals surface area contributed by atoms with E-state index in [2.05, 4.69) is 4.98 Å². The molecule has 1 aromatic carbocycles. The summed E-state index contributed by atoms with van der Waals surface area (Å²) >= 11 is 18.0. The Morgan fingerprint density at radius 3 is 1.96 bits per heavy atom. The van der Waals surface area contributed by atoms with E-state index in [1.165, 1.54) is 0 Å². The number of carbonyl (C=O) groups excluding carboxylic acids is 2. The number of amides is 2. The second kappa shape index (κ2) is 7.05. The van der Waals surface area contributed by atoms with E-state index in [1.807, 2.05) is 0 Å².